The quantitative estimate of drug-likeness (QED) is 0.908. The van der Waals surface area contributed by atoms with E-state index in [2.05, 4.69) is 10.2 Å². The van der Waals surface area contributed by atoms with Crippen molar-refractivity contribution in [3.05, 3.63) is 24.0 Å². The molecule has 0 aliphatic carbocycles. The van der Waals surface area contributed by atoms with Crippen LogP contribution in [0.5, 0.6) is 0 Å². The number of anilines is 2. The van der Waals surface area contributed by atoms with Crippen LogP contribution in [-0.4, -0.2) is 41.5 Å². The second kappa shape index (κ2) is 7.59. The van der Waals surface area contributed by atoms with E-state index in [4.69, 9.17) is 0 Å². The maximum atomic E-state index is 14.2. The lowest BCUT2D eigenvalue weighted by Gasteiger charge is -2.23. The van der Waals surface area contributed by atoms with Gasteiger partial charge in [-0.3, -0.25) is 4.79 Å². The number of hydrogen-bond acceptors (Lipinski definition) is 4. The molecule has 22 heavy (non-hydrogen) atoms. The molecule has 3 nitrogen and oxygen atoms in total. The molecule has 1 aromatic rings. The van der Waals surface area contributed by atoms with Crippen molar-refractivity contribution >= 4 is 40.8 Å². The first-order valence-corrected chi connectivity index (χ1v) is 9.97. The predicted octanol–water partition coefficient (Wildman–Crippen LogP) is 3.60. The van der Waals surface area contributed by atoms with Crippen molar-refractivity contribution in [2.45, 2.75) is 24.5 Å². The van der Waals surface area contributed by atoms with E-state index in [1.807, 2.05) is 29.6 Å². The van der Waals surface area contributed by atoms with Crippen LogP contribution in [0.25, 0.3) is 0 Å². The molecular formula is C16H21FN2OS2. The Bertz CT molecular complexity index is 529. The molecule has 0 saturated carbocycles. The van der Waals surface area contributed by atoms with Gasteiger partial charge >= 0.3 is 0 Å². The molecule has 0 aromatic heterocycles. The molecule has 120 valence electrons. The first-order chi connectivity index (χ1) is 10.7. The number of carbonyl (C=O) groups excluding carboxylic acids is 1. The molecule has 2 heterocycles. The number of nitrogens with one attached hydrogen (secondary N) is 1. The molecule has 1 amide bonds. The zero-order valence-electron chi connectivity index (χ0n) is 12.5. The van der Waals surface area contributed by atoms with Gasteiger partial charge in [0.15, 0.2) is 0 Å². The normalized spacial score (nSPS) is 21.9. The molecule has 0 bridgehead atoms. The van der Waals surface area contributed by atoms with Gasteiger partial charge < -0.3 is 10.2 Å². The lowest BCUT2D eigenvalue weighted by molar-refractivity contribution is -0.116. The largest absolute Gasteiger partial charge is 0.370 e. The maximum Gasteiger partial charge on any atom is 0.225 e. The number of halogens is 1. The van der Waals surface area contributed by atoms with Crippen LogP contribution in [0.4, 0.5) is 15.8 Å². The van der Waals surface area contributed by atoms with Crippen LogP contribution in [0.1, 0.15) is 19.3 Å². The molecular weight excluding hydrogens is 319 g/mol. The van der Waals surface area contributed by atoms with Gasteiger partial charge in [0.05, 0.1) is 5.69 Å². The van der Waals surface area contributed by atoms with Gasteiger partial charge in [0.1, 0.15) is 11.5 Å². The van der Waals surface area contributed by atoms with Crippen molar-refractivity contribution in [1.82, 2.24) is 0 Å². The Morgan fingerprint density at radius 2 is 2.14 bits per heavy atom. The fraction of sp³-hybridized carbons (Fsp3) is 0.562. The fourth-order valence-corrected chi connectivity index (χ4v) is 5.59. The van der Waals surface area contributed by atoms with Crippen molar-refractivity contribution in [3.63, 3.8) is 0 Å². The number of nitrogens with zero attached hydrogens (tertiary/aromatic N) is 1. The van der Waals surface area contributed by atoms with E-state index in [0.29, 0.717) is 17.4 Å². The van der Waals surface area contributed by atoms with E-state index in [-0.39, 0.29) is 11.7 Å². The summed E-state index contributed by atoms with van der Waals surface area (Å²) < 4.78 is 14.2. The second-order valence-corrected chi connectivity index (χ2v) is 8.21. The SMILES string of the molecule is O=C(CC1CSCCS1)Nc1c(F)cccc1N1CCCC1. The second-order valence-electron chi connectivity index (χ2n) is 5.65. The molecule has 1 N–H and O–H groups in total. The highest BCUT2D eigenvalue weighted by molar-refractivity contribution is 8.06. The number of amides is 1. The Hall–Kier alpha value is -0.880. The third kappa shape index (κ3) is 3.90. The monoisotopic (exact) mass is 340 g/mol. The number of rotatable bonds is 4. The van der Waals surface area contributed by atoms with E-state index >= 15 is 0 Å². The summed E-state index contributed by atoms with van der Waals surface area (Å²) in [5, 5.41) is 3.17. The maximum absolute atomic E-state index is 14.2. The van der Waals surface area contributed by atoms with Gasteiger partial charge in [-0.2, -0.15) is 23.5 Å². The molecule has 1 atom stereocenters. The van der Waals surface area contributed by atoms with Crippen molar-refractivity contribution < 1.29 is 9.18 Å². The van der Waals surface area contributed by atoms with Crippen LogP contribution < -0.4 is 10.2 Å². The summed E-state index contributed by atoms with van der Waals surface area (Å²) >= 11 is 3.74. The van der Waals surface area contributed by atoms with Crippen molar-refractivity contribution in [2.24, 2.45) is 0 Å². The first-order valence-electron chi connectivity index (χ1n) is 7.76. The lowest BCUT2D eigenvalue weighted by Crippen LogP contribution is -2.25. The summed E-state index contributed by atoms with van der Waals surface area (Å²) in [6, 6.07) is 5.03. The number of thioether (sulfide) groups is 2. The average molecular weight is 340 g/mol. The number of para-hydroxylation sites is 1. The minimum Gasteiger partial charge on any atom is -0.370 e. The van der Waals surface area contributed by atoms with Crippen LogP contribution in [0.15, 0.2) is 18.2 Å². The molecule has 1 unspecified atom stereocenters. The Kier molecular flexibility index (Phi) is 5.52. The standard InChI is InChI=1S/C16H21FN2OS2/c17-13-4-3-5-14(19-6-1-2-7-19)16(13)18-15(20)10-12-11-21-8-9-22-12/h3-5,12H,1-2,6-11H2,(H,18,20). The molecule has 0 radical (unpaired) electrons. The Morgan fingerprint density at radius 3 is 2.86 bits per heavy atom. The fourth-order valence-electron chi connectivity index (χ4n) is 2.91. The van der Waals surface area contributed by atoms with Gasteiger partial charge in [-0.15, -0.1) is 0 Å². The summed E-state index contributed by atoms with van der Waals surface area (Å²) in [6.45, 7) is 1.86. The summed E-state index contributed by atoms with van der Waals surface area (Å²) in [5.41, 5.74) is 1.17. The predicted molar refractivity (Wildman–Crippen MR) is 94.7 cm³/mol. The third-order valence-corrected chi connectivity index (χ3v) is 6.85. The van der Waals surface area contributed by atoms with Gasteiger partial charge in [-0.25, -0.2) is 4.39 Å². The van der Waals surface area contributed by atoms with Gasteiger partial charge in [-0.05, 0) is 25.0 Å². The van der Waals surface area contributed by atoms with Crippen LogP contribution in [0.2, 0.25) is 0 Å². The van der Waals surface area contributed by atoms with E-state index in [0.717, 1.165) is 48.9 Å². The molecule has 2 aliphatic rings. The van der Waals surface area contributed by atoms with Gasteiger partial charge in [-0.1, -0.05) is 6.07 Å². The Balaban J connectivity index is 1.69. The van der Waals surface area contributed by atoms with E-state index in [1.54, 1.807) is 6.07 Å². The minimum atomic E-state index is -0.344. The third-order valence-electron chi connectivity index (χ3n) is 4.00. The highest BCUT2D eigenvalue weighted by atomic mass is 32.2. The van der Waals surface area contributed by atoms with Crippen LogP contribution in [0.3, 0.4) is 0 Å². The van der Waals surface area contributed by atoms with Crippen LogP contribution >= 0.6 is 23.5 Å². The number of benzene rings is 1. The van der Waals surface area contributed by atoms with Gasteiger partial charge in [0.25, 0.3) is 0 Å². The molecule has 0 spiro atoms. The number of hydrogen-bond donors (Lipinski definition) is 1. The van der Waals surface area contributed by atoms with Gasteiger partial charge in [0.2, 0.25) is 5.91 Å². The molecule has 3 rings (SSSR count). The van der Waals surface area contributed by atoms with Crippen LogP contribution in [-0.2, 0) is 4.79 Å². The molecule has 6 heteroatoms. The first kappa shape index (κ1) is 16.0. The van der Waals surface area contributed by atoms with Crippen molar-refractivity contribution in [3.8, 4) is 0 Å². The minimum absolute atomic E-state index is 0.0782. The zero-order valence-corrected chi connectivity index (χ0v) is 14.1. The molecule has 2 aliphatic heterocycles. The summed E-state index contributed by atoms with van der Waals surface area (Å²) in [6.07, 6.45) is 2.71. The topological polar surface area (TPSA) is 32.3 Å². The van der Waals surface area contributed by atoms with Gasteiger partial charge in [0, 0.05) is 42.0 Å². The molecule has 1 aromatic carbocycles. The summed E-state index contributed by atoms with van der Waals surface area (Å²) in [7, 11) is 0. The zero-order chi connectivity index (χ0) is 15.4. The Morgan fingerprint density at radius 1 is 1.32 bits per heavy atom. The smallest absolute Gasteiger partial charge is 0.225 e. The van der Waals surface area contributed by atoms with Crippen molar-refractivity contribution in [2.75, 3.05) is 40.6 Å². The summed E-state index contributed by atoms with van der Waals surface area (Å²) in [5.74, 6) is 2.85. The molecule has 2 fully saturated rings. The lowest BCUT2D eigenvalue weighted by atomic mass is 10.2. The number of carbonyl (C=O) groups is 1. The Labute approximate surface area is 139 Å². The van der Waals surface area contributed by atoms with E-state index < -0.39 is 0 Å². The highest BCUT2D eigenvalue weighted by Crippen LogP contribution is 2.32. The van der Waals surface area contributed by atoms with Crippen LogP contribution in [0, 0.1) is 5.82 Å². The van der Waals surface area contributed by atoms with Crippen molar-refractivity contribution in [1.29, 1.82) is 0 Å². The average Bonchev–Trinajstić information content (AvgIpc) is 3.04. The van der Waals surface area contributed by atoms with E-state index in [9.17, 15) is 9.18 Å². The molecule has 2 saturated heterocycles. The highest BCUT2D eigenvalue weighted by Gasteiger charge is 2.22. The summed E-state index contributed by atoms with van der Waals surface area (Å²) in [4.78, 5) is 14.4. The van der Waals surface area contributed by atoms with E-state index in [1.165, 1.54) is 6.07 Å².